The molecule has 2 aromatic carbocycles. The number of carboxylic acids is 1. The molecule has 4 amide bonds. The molecule has 13 nitrogen and oxygen atoms in total. The quantitative estimate of drug-likeness (QED) is 0.295. The van der Waals surface area contributed by atoms with Crippen LogP contribution in [-0.2, 0) is 20.8 Å². The second-order valence-corrected chi connectivity index (χ2v) is 9.75. The molecule has 0 spiro atoms. The van der Waals surface area contributed by atoms with Crippen molar-refractivity contribution in [3.05, 3.63) is 48.0 Å². The largest absolute Gasteiger partial charge is 0.506 e. The maximum Gasteiger partial charge on any atom is 0.323 e. The summed E-state index contributed by atoms with van der Waals surface area (Å²) in [5.41, 5.74) is 1.17. The summed E-state index contributed by atoms with van der Waals surface area (Å²) >= 11 is 0. The zero-order valence-corrected chi connectivity index (χ0v) is 22.1. The van der Waals surface area contributed by atoms with Gasteiger partial charge in [-0.1, -0.05) is 18.2 Å². The van der Waals surface area contributed by atoms with Gasteiger partial charge in [0.1, 0.15) is 17.5 Å². The molecule has 214 valence electrons. The summed E-state index contributed by atoms with van der Waals surface area (Å²) in [5.74, 6) is -1.28. The normalized spacial score (nSPS) is 19.2. The molecule has 2 heterocycles. The highest BCUT2D eigenvalue weighted by molar-refractivity contribution is 6.01. The first-order valence-corrected chi connectivity index (χ1v) is 12.9. The summed E-state index contributed by atoms with van der Waals surface area (Å²) in [4.78, 5) is 54.6. The fraction of sp³-hybridized carbons (Fsp3) is 0.407. The number of piperazine rings is 1. The van der Waals surface area contributed by atoms with Gasteiger partial charge in [-0.05, 0) is 29.8 Å². The molecule has 2 aliphatic rings. The number of aromatic hydroxyl groups is 1. The highest BCUT2D eigenvalue weighted by atomic mass is 16.5. The van der Waals surface area contributed by atoms with E-state index >= 15 is 0 Å². The zero-order chi connectivity index (χ0) is 28.8. The third-order valence-electron chi connectivity index (χ3n) is 6.95. The molecular formula is C27H33N5O8. The van der Waals surface area contributed by atoms with Crippen molar-refractivity contribution in [3.8, 4) is 11.5 Å². The van der Waals surface area contributed by atoms with Crippen molar-refractivity contribution in [3.63, 3.8) is 0 Å². The van der Waals surface area contributed by atoms with Gasteiger partial charge in [0.2, 0.25) is 11.8 Å². The van der Waals surface area contributed by atoms with Crippen LogP contribution < -0.4 is 15.4 Å². The summed E-state index contributed by atoms with van der Waals surface area (Å²) in [6, 6.07) is 9.75. The molecule has 0 saturated carbocycles. The van der Waals surface area contributed by atoms with Gasteiger partial charge in [-0.3, -0.25) is 19.3 Å². The first-order chi connectivity index (χ1) is 19.1. The highest BCUT2D eigenvalue weighted by Crippen LogP contribution is 2.28. The van der Waals surface area contributed by atoms with Gasteiger partial charge in [0.15, 0.2) is 0 Å². The third kappa shape index (κ3) is 6.98. The fourth-order valence-electron chi connectivity index (χ4n) is 4.93. The zero-order valence-electron chi connectivity index (χ0n) is 22.1. The lowest BCUT2D eigenvalue weighted by molar-refractivity contribution is -0.145. The average Bonchev–Trinajstić information content (AvgIpc) is 3.32. The molecule has 0 unspecified atom stereocenters. The topological polar surface area (TPSA) is 172 Å². The maximum absolute atomic E-state index is 13.3. The third-order valence-corrected chi connectivity index (χ3v) is 6.95. The van der Waals surface area contributed by atoms with Crippen LogP contribution in [0.3, 0.4) is 0 Å². The number of aliphatic carboxylic acids is 1. The molecule has 2 aliphatic heterocycles. The van der Waals surface area contributed by atoms with Crippen LogP contribution in [0.25, 0.3) is 0 Å². The number of rotatable bonds is 8. The molecule has 5 N–H and O–H groups in total. The molecule has 0 bridgehead atoms. The number of aliphatic hydroxyl groups is 1. The Morgan fingerprint density at radius 2 is 1.70 bits per heavy atom. The average molecular weight is 556 g/mol. The number of urea groups is 1. The van der Waals surface area contributed by atoms with E-state index in [1.165, 1.54) is 18.1 Å². The van der Waals surface area contributed by atoms with Crippen molar-refractivity contribution in [2.24, 2.45) is 0 Å². The smallest absolute Gasteiger partial charge is 0.323 e. The van der Waals surface area contributed by atoms with Gasteiger partial charge in [-0.25, -0.2) is 4.79 Å². The number of methoxy groups -OCH3 is 1. The number of nitrogens with zero attached hydrogens (tertiary/aromatic N) is 3. The second-order valence-electron chi connectivity index (χ2n) is 9.75. The van der Waals surface area contributed by atoms with E-state index in [-0.39, 0.29) is 49.2 Å². The van der Waals surface area contributed by atoms with Gasteiger partial charge in [0, 0.05) is 39.1 Å². The summed E-state index contributed by atoms with van der Waals surface area (Å²) < 4.78 is 5.40. The number of likely N-dealkylation sites (tertiary alicyclic amines) is 1. The Labute approximate surface area is 230 Å². The summed E-state index contributed by atoms with van der Waals surface area (Å²) in [5, 5.41) is 34.3. The summed E-state index contributed by atoms with van der Waals surface area (Å²) in [7, 11) is 1.43. The lowest BCUT2D eigenvalue weighted by Gasteiger charge is -2.36. The number of β-amino-alcohol motifs (C(OH)–C–C–N with tert-alkyl or cyclic N) is 1. The van der Waals surface area contributed by atoms with E-state index in [1.54, 1.807) is 46.2 Å². The van der Waals surface area contributed by atoms with Crippen LogP contribution in [0.5, 0.6) is 11.5 Å². The standard InChI is InChI=1S/C27H33N5O8/c1-40-23-12-17(6-7-20(23)29-27(39)28-19-4-2-3-5-22(19)34)13-24(35)32-15-18(33)14-21(32)26(38)31-10-8-30(9-11-31)16-25(36)37/h2-7,12,18,21,33-34H,8-11,13-16H2,1H3,(H,36,37)(H2,28,29,39)/t18-,21+/m1/s1. The summed E-state index contributed by atoms with van der Waals surface area (Å²) in [6.45, 7) is 1.50. The number of ether oxygens (including phenoxy) is 1. The molecule has 2 fully saturated rings. The van der Waals surface area contributed by atoms with Gasteiger partial charge < -0.3 is 40.5 Å². The van der Waals surface area contributed by atoms with Crippen molar-refractivity contribution in [1.82, 2.24) is 14.7 Å². The van der Waals surface area contributed by atoms with Crippen LogP contribution in [0.1, 0.15) is 12.0 Å². The minimum atomic E-state index is -0.924. The van der Waals surface area contributed by atoms with Crippen LogP contribution in [0, 0.1) is 0 Å². The van der Waals surface area contributed by atoms with E-state index in [4.69, 9.17) is 9.84 Å². The van der Waals surface area contributed by atoms with Crippen molar-refractivity contribution in [2.75, 3.05) is 57.0 Å². The number of carbonyl (C=O) groups is 4. The van der Waals surface area contributed by atoms with Gasteiger partial charge in [0.25, 0.3) is 0 Å². The Morgan fingerprint density at radius 3 is 2.38 bits per heavy atom. The van der Waals surface area contributed by atoms with Crippen LogP contribution in [0.15, 0.2) is 42.5 Å². The lowest BCUT2D eigenvalue weighted by atomic mass is 10.1. The van der Waals surface area contributed by atoms with Crippen LogP contribution in [0.2, 0.25) is 0 Å². The molecule has 2 saturated heterocycles. The van der Waals surface area contributed by atoms with E-state index in [0.29, 0.717) is 43.2 Å². The number of hydrogen-bond donors (Lipinski definition) is 5. The predicted molar refractivity (Wildman–Crippen MR) is 144 cm³/mol. The van der Waals surface area contributed by atoms with E-state index in [9.17, 15) is 29.4 Å². The molecule has 13 heteroatoms. The maximum atomic E-state index is 13.3. The molecule has 0 radical (unpaired) electrons. The molecular weight excluding hydrogens is 522 g/mol. The molecule has 2 aromatic rings. The highest BCUT2D eigenvalue weighted by Gasteiger charge is 2.41. The monoisotopic (exact) mass is 555 g/mol. The van der Waals surface area contributed by atoms with Crippen molar-refractivity contribution >= 4 is 35.2 Å². The number of anilines is 2. The van der Waals surface area contributed by atoms with Crippen molar-refractivity contribution in [1.29, 1.82) is 0 Å². The fourth-order valence-corrected chi connectivity index (χ4v) is 4.93. The van der Waals surface area contributed by atoms with Gasteiger partial charge in [-0.15, -0.1) is 0 Å². The number of aliphatic hydroxyl groups excluding tert-OH is 1. The van der Waals surface area contributed by atoms with Crippen molar-refractivity contribution < 1.29 is 39.2 Å². The predicted octanol–water partition coefficient (Wildman–Crippen LogP) is 0.778. The molecule has 0 aromatic heterocycles. The van der Waals surface area contributed by atoms with Gasteiger partial charge in [-0.2, -0.15) is 0 Å². The number of para-hydroxylation sites is 2. The van der Waals surface area contributed by atoms with Gasteiger partial charge >= 0.3 is 12.0 Å². The number of carboxylic acid groups (broad SMARTS) is 1. The number of phenolic OH excluding ortho intramolecular Hbond substituents is 1. The lowest BCUT2D eigenvalue weighted by Crippen LogP contribution is -2.55. The molecule has 2 atom stereocenters. The van der Waals surface area contributed by atoms with E-state index in [2.05, 4.69) is 10.6 Å². The van der Waals surface area contributed by atoms with E-state index in [1.807, 2.05) is 0 Å². The number of carbonyl (C=O) groups excluding carboxylic acids is 3. The first kappa shape index (κ1) is 28.6. The second kappa shape index (κ2) is 12.7. The number of hydrogen-bond acceptors (Lipinski definition) is 8. The van der Waals surface area contributed by atoms with Crippen molar-refractivity contribution in [2.45, 2.75) is 25.0 Å². The number of nitrogens with one attached hydrogen (secondary N) is 2. The van der Waals surface area contributed by atoms with Crippen LogP contribution >= 0.6 is 0 Å². The first-order valence-electron chi connectivity index (χ1n) is 12.9. The Kier molecular flexibility index (Phi) is 9.07. The minimum Gasteiger partial charge on any atom is -0.506 e. The van der Waals surface area contributed by atoms with Gasteiger partial charge in [0.05, 0.1) is 37.6 Å². The Hall–Kier alpha value is -4.36. The summed E-state index contributed by atoms with van der Waals surface area (Å²) in [6.07, 6.45) is -0.739. The van der Waals surface area contributed by atoms with E-state index in [0.717, 1.165) is 0 Å². The Morgan fingerprint density at radius 1 is 1.00 bits per heavy atom. The molecule has 4 rings (SSSR count). The number of benzene rings is 2. The van der Waals surface area contributed by atoms with E-state index < -0.39 is 24.1 Å². The van der Waals surface area contributed by atoms with Crippen LogP contribution in [-0.4, -0.2) is 112 Å². The van der Waals surface area contributed by atoms with Crippen LogP contribution in [0.4, 0.5) is 16.2 Å². The SMILES string of the molecule is COc1cc(CC(=O)N2C[C@H](O)C[C@H]2C(=O)N2CCN(CC(=O)O)CC2)ccc1NC(=O)Nc1ccccc1O. The Balaban J connectivity index is 1.38. The molecule has 40 heavy (non-hydrogen) atoms. The minimum absolute atomic E-state index is 0.0392. The number of amides is 4. The number of phenols is 1. The Bertz CT molecular complexity index is 1260. The molecule has 0 aliphatic carbocycles.